The zero-order chi connectivity index (χ0) is 21.7. The fourth-order valence-corrected chi connectivity index (χ4v) is 9.43. The van der Waals surface area contributed by atoms with E-state index in [1.54, 1.807) is 0 Å². The third-order valence-electron chi connectivity index (χ3n) is 9.07. The van der Waals surface area contributed by atoms with Crippen LogP contribution in [0.25, 0.3) is 0 Å². The molecule has 2 aliphatic rings. The van der Waals surface area contributed by atoms with Crippen LogP contribution in [0.4, 0.5) is 0 Å². The van der Waals surface area contributed by atoms with E-state index in [1.807, 2.05) is 13.8 Å². The fourth-order valence-electron chi connectivity index (χ4n) is 6.50. The Hall–Kier alpha value is -0.303. The number of hydrogen-bond acceptors (Lipinski definition) is 2. The number of aliphatic hydroxyl groups is 1. The highest BCUT2D eigenvalue weighted by Crippen LogP contribution is 2.59. The standard InChI is InChI=1S/C26H48O2Si/c1-8-26(27,9-2)20-13-15-21(6)22-17-18-23-24(16-14-19-25(22,23)7)28-29(10-3,11-4)12-5/h21-24,27H,8-12,14-19H2,1-7H3/t21?,22-,23?,24?,25-/m1/s1. The summed E-state index contributed by atoms with van der Waals surface area (Å²) >= 11 is 0. The molecule has 0 aromatic heterocycles. The van der Waals surface area contributed by atoms with Crippen molar-refractivity contribution in [3.05, 3.63) is 0 Å². The highest BCUT2D eigenvalue weighted by molar-refractivity contribution is 6.73. The first-order chi connectivity index (χ1) is 13.7. The second-order valence-corrected chi connectivity index (χ2v) is 15.0. The first-order valence-electron chi connectivity index (χ1n) is 12.6. The molecule has 2 aliphatic carbocycles. The van der Waals surface area contributed by atoms with E-state index in [9.17, 15) is 5.11 Å². The summed E-state index contributed by atoms with van der Waals surface area (Å²) in [5.74, 6) is 8.62. The van der Waals surface area contributed by atoms with Crippen LogP contribution >= 0.6 is 0 Å². The van der Waals surface area contributed by atoms with Crippen molar-refractivity contribution in [1.82, 2.24) is 0 Å². The van der Waals surface area contributed by atoms with Crippen molar-refractivity contribution in [1.29, 1.82) is 0 Å². The molecule has 168 valence electrons. The van der Waals surface area contributed by atoms with Crippen LogP contribution in [0.1, 0.15) is 99.8 Å². The van der Waals surface area contributed by atoms with Crippen molar-refractivity contribution < 1.29 is 9.53 Å². The van der Waals surface area contributed by atoms with Gasteiger partial charge in [-0.05, 0) is 79.8 Å². The van der Waals surface area contributed by atoms with E-state index in [0.717, 1.165) is 18.3 Å². The number of hydrogen-bond donors (Lipinski definition) is 1. The molecular weight excluding hydrogens is 372 g/mol. The van der Waals surface area contributed by atoms with E-state index in [-0.39, 0.29) is 0 Å². The van der Waals surface area contributed by atoms with Gasteiger partial charge in [0.15, 0.2) is 8.32 Å². The van der Waals surface area contributed by atoms with Crippen LogP contribution in [-0.4, -0.2) is 25.1 Å². The lowest BCUT2D eigenvalue weighted by Gasteiger charge is -2.48. The van der Waals surface area contributed by atoms with Crippen LogP contribution in [-0.2, 0) is 4.43 Å². The van der Waals surface area contributed by atoms with E-state index in [4.69, 9.17) is 4.43 Å². The van der Waals surface area contributed by atoms with Crippen molar-refractivity contribution in [2.45, 2.75) is 130 Å². The molecule has 0 amide bonds. The predicted molar refractivity (Wildman–Crippen MR) is 127 cm³/mol. The number of rotatable bonds is 9. The molecule has 2 saturated carbocycles. The summed E-state index contributed by atoms with van der Waals surface area (Å²) in [6.07, 6.45) is 9.44. The molecule has 2 nitrogen and oxygen atoms in total. The molecule has 2 fully saturated rings. The topological polar surface area (TPSA) is 29.5 Å². The van der Waals surface area contributed by atoms with E-state index in [0.29, 0.717) is 30.3 Å². The molecule has 3 heteroatoms. The second kappa shape index (κ2) is 10.3. The minimum atomic E-state index is -1.55. The Morgan fingerprint density at radius 1 is 1.07 bits per heavy atom. The molecule has 0 aliphatic heterocycles. The molecule has 0 radical (unpaired) electrons. The summed E-state index contributed by atoms with van der Waals surface area (Å²) in [6.45, 7) is 16.1. The smallest absolute Gasteiger partial charge is 0.192 e. The van der Waals surface area contributed by atoms with Gasteiger partial charge in [0.2, 0.25) is 0 Å². The highest BCUT2D eigenvalue weighted by Gasteiger charge is 2.53. The van der Waals surface area contributed by atoms with Crippen molar-refractivity contribution in [3.8, 4) is 11.8 Å². The van der Waals surface area contributed by atoms with Gasteiger partial charge in [0, 0.05) is 12.5 Å². The Balaban J connectivity index is 2.10. The minimum absolute atomic E-state index is 0.408. The lowest BCUT2D eigenvalue weighted by atomic mass is 9.61. The summed E-state index contributed by atoms with van der Waals surface area (Å²) < 4.78 is 7.07. The highest BCUT2D eigenvalue weighted by atomic mass is 28.4. The largest absolute Gasteiger partial charge is 0.414 e. The third-order valence-corrected chi connectivity index (χ3v) is 13.7. The zero-order valence-corrected chi connectivity index (χ0v) is 21.4. The molecule has 29 heavy (non-hydrogen) atoms. The Morgan fingerprint density at radius 2 is 1.69 bits per heavy atom. The monoisotopic (exact) mass is 420 g/mol. The molecule has 0 heterocycles. The van der Waals surface area contributed by atoms with Crippen molar-refractivity contribution in [2.75, 3.05) is 0 Å². The normalized spacial score (nSPS) is 31.1. The Kier molecular flexibility index (Phi) is 8.90. The van der Waals surface area contributed by atoms with Crippen LogP contribution < -0.4 is 0 Å². The van der Waals surface area contributed by atoms with Crippen LogP contribution in [0, 0.1) is 35.0 Å². The molecular formula is C26H48O2Si. The Labute approximate surface area is 182 Å². The van der Waals surface area contributed by atoms with Crippen LogP contribution in [0.5, 0.6) is 0 Å². The van der Waals surface area contributed by atoms with Gasteiger partial charge >= 0.3 is 0 Å². The molecule has 0 aromatic rings. The molecule has 5 atom stereocenters. The van der Waals surface area contributed by atoms with Gasteiger partial charge in [-0.15, -0.1) is 0 Å². The Bertz CT molecular complexity index is 561. The SMILES string of the molecule is CCC(O)(C#CCC(C)[C@H]1CCC2C(O[Si](CC)(CC)CC)CCC[C@@]21C)CC. The van der Waals surface area contributed by atoms with E-state index in [2.05, 4.69) is 46.5 Å². The molecule has 0 aromatic carbocycles. The predicted octanol–water partition coefficient (Wildman–Crippen LogP) is 7.17. The third kappa shape index (κ3) is 5.31. The quantitative estimate of drug-likeness (QED) is 0.316. The molecule has 0 spiro atoms. The van der Waals surface area contributed by atoms with Crippen LogP contribution in [0.3, 0.4) is 0 Å². The molecule has 2 rings (SSSR count). The first kappa shape index (κ1) is 25.0. The molecule has 3 unspecified atom stereocenters. The zero-order valence-electron chi connectivity index (χ0n) is 20.4. The average Bonchev–Trinajstić information content (AvgIpc) is 3.09. The Morgan fingerprint density at radius 3 is 2.24 bits per heavy atom. The van der Waals surface area contributed by atoms with E-state index < -0.39 is 13.9 Å². The minimum Gasteiger partial charge on any atom is -0.414 e. The van der Waals surface area contributed by atoms with E-state index in [1.165, 1.54) is 50.2 Å². The van der Waals surface area contributed by atoms with Gasteiger partial charge in [-0.3, -0.25) is 0 Å². The lowest BCUT2D eigenvalue weighted by Crippen LogP contribution is -2.48. The first-order valence-corrected chi connectivity index (χ1v) is 15.2. The van der Waals surface area contributed by atoms with Crippen molar-refractivity contribution >= 4 is 8.32 Å². The van der Waals surface area contributed by atoms with Gasteiger partial charge < -0.3 is 9.53 Å². The fraction of sp³-hybridized carbons (Fsp3) is 0.923. The van der Waals surface area contributed by atoms with Gasteiger partial charge in [-0.1, -0.05) is 66.7 Å². The maximum absolute atomic E-state index is 10.5. The van der Waals surface area contributed by atoms with Crippen molar-refractivity contribution in [2.24, 2.45) is 23.2 Å². The molecule has 0 bridgehead atoms. The summed E-state index contributed by atoms with van der Waals surface area (Å²) in [4.78, 5) is 0. The second-order valence-electron chi connectivity index (χ2n) is 10.3. The molecule has 1 N–H and O–H groups in total. The van der Waals surface area contributed by atoms with E-state index >= 15 is 0 Å². The summed E-state index contributed by atoms with van der Waals surface area (Å²) in [7, 11) is -1.55. The summed E-state index contributed by atoms with van der Waals surface area (Å²) in [5.41, 5.74) is -0.384. The lowest BCUT2D eigenvalue weighted by molar-refractivity contribution is -0.0189. The van der Waals surface area contributed by atoms with Crippen LogP contribution in [0.15, 0.2) is 0 Å². The number of fused-ring (bicyclic) bond motifs is 1. The van der Waals surface area contributed by atoms with Gasteiger partial charge in [-0.2, -0.15) is 0 Å². The van der Waals surface area contributed by atoms with Gasteiger partial charge in [0.25, 0.3) is 0 Å². The van der Waals surface area contributed by atoms with Gasteiger partial charge in [0.05, 0.1) is 0 Å². The maximum Gasteiger partial charge on any atom is 0.192 e. The summed E-state index contributed by atoms with van der Waals surface area (Å²) in [5, 5.41) is 10.5. The van der Waals surface area contributed by atoms with Gasteiger partial charge in [-0.25, -0.2) is 0 Å². The van der Waals surface area contributed by atoms with Crippen molar-refractivity contribution in [3.63, 3.8) is 0 Å². The average molecular weight is 421 g/mol. The maximum atomic E-state index is 10.5. The van der Waals surface area contributed by atoms with Gasteiger partial charge in [0.1, 0.15) is 5.60 Å². The summed E-state index contributed by atoms with van der Waals surface area (Å²) in [6, 6.07) is 3.77. The molecule has 0 saturated heterocycles. The van der Waals surface area contributed by atoms with Crippen LogP contribution in [0.2, 0.25) is 18.1 Å².